The first-order chi connectivity index (χ1) is 13.1. The van der Waals surface area contributed by atoms with Crippen molar-refractivity contribution in [2.24, 2.45) is 0 Å². The predicted octanol–water partition coefficient (Wildman–Crippen LogP) is 4.34. The van der Waals surface area contributed by atoms with E-state index in [1.54, 1.807) is 55.0 Å². The largest absolute Gasteiger partial charge is 0.324 e. The van der Waals surface area contributed by atoms with Crippen LogP contribution >= 0.6 is 15.9 Å². The predicted molar refractivity (Wildman–Crippen MR) is 103 cm³/mol. The number of nitrogens with zero attached hydrogens (tertiary/aromatic N) is 4. The Morgan fingerprint density at radius 1 is 1.11 bits per heavy atom. The van der Waals surface area contributed by atoms with Gasteiger partial charge < -0.3 is 5.32 Å². The van der Waals surface area contributed by atoms with E-state index in [9.17, 15) is 9.18 Å². The standard InChI is InChI=1S/C18H12BrFN6O/c19-13-10-22-26-16(25-18(27)23-11-5-7-21-8-6-11)9-15(24-17(13)26)12-3-1-2-4-14(12)20/h1-10H,(H2,21,23,25,27). The molecule has 0 atom stereocenters. The smallest absolute Gasteiger partial charge is 0.308 e. The fourth-order valence-electron chi connectivity index (χ4n) is 2.55. The molecule has 134 valence electrons. The van der Waals surface area contributed by atoms with E-state index >= 15 is 0 Å². The summed E-state index contributed by atoms with van der Waals surface area (Å²) in [6, 6.07) is 10.7. The van der Waals surface area contributed by atoms with Crippen LogP contribution in [0.15, 0.2) is 65.5 Å². The molecule has 0 fully saturated rings. The van der Waals surface area contributed by atoms with Crippen molar-refractivity contribution in [3.05, 3.63) is 71.3 Å². The number of benzene rings is 1. The number of hydrogen-bond donors (Lipinski definition) is 2. The quantitative estimate of drug-likeness (QED) is 0.510. The molecular formula is C18H12BrFN6O. The number of hydrogen-bond acceptors (Lipinski definition) is 4. The van der Waals surface area contributed by atoms with Gasteiger partial charge >= 0.3 is 6.03 Å². The normalized spacial score (nSPS) is 10.7. The highest BCUT2D eigenvalue weighted by Crippen LogP contribution is 2.27. The van der Waals surface area contributed by atoms with Gasteiger partial charge in [-0.05, 0) is 40.2 Å². The van der Waals surface area contributed by atoms with Crippen LogP contribution in [0.5, 0.6) is 0 Å². The zero-order chi connectivity index (χ0) is 18.8. The molecule has 0 aliphatic heterocycles. The van der Waals surface area contributed by atoms with Crippen LogP contribution in [-0.4, -0.2) is 25.6 Å². The van der Waals surface area contributed by atoms with Crippen LogP contribution in [-0.2, 0) is 0 Å². The summed E-state index contributed by atoms with van der Waals surface area (Å²) in [5.41, 5.74) is 1.74. The van der Waals surface area contributed by atoms with Crippen LogP contribution in [0.2, 0.25) is 0 Å². The molecule has 1 aromatic carbocycles. The molecule has 3 heterocycles. The average molecular weight is 427 g/mol. The molecule has 3 aromatic heterocycles. The topological polar surface area (TPSA) is 84.2 Å². The number of anilines is 2. The van der Waals surface area contributed by atoms with Gasteiger partial charge in [0.15, 0.2) is 5.65 Å². The molecule has 0 unspecified atom stereocenters. The van der Waals surface area contributed by atoms with Crippen molar-refractivity contribution >= 4 is 39.1 Å². The van der Waals surface area contributed by atoms with Crippen molar-refractivity contribution < 1.29 is 9.18 Å². The lowest BCUT2D eigenvalue weighted by atomic mass is 10.1. The molecule has 4 rings (SSSR count). The summed E-state index contributed by atoms with van der Waals surface area (Å²) in [6.07, 6.45) is 4.70. The Balaban J connectivity index is 1.73. The number of halogens is 2. The number of carbonyl (C=O) groups excluding carboxylic acids is 1. The summed E-state index contributed by atoms with van der Waals surface area (Å²) in [6.45, 7) is 0. The number of carbonyl (C=O) groups is 1. The molecule has 4 aromatic rings. The number of rotatable bonds is 3. The minimum absolute atomic E-state index is 0.325. The highest BCUT2D eigenvalue weighted by molar-refractivity contribution is 9.10. The molecule has 27 heavy (non-hydrogen) atoms. The van der Waals surface area contributed by atoms with Crippen LogP contribution in [0.3, 0.4) is 0 Å². The summed E-state index contributed by atoms with van der Waals surface area (Å²) < 4.78 is 16.3. The molecule has 7 nitrogen and oxygen atoms in total. The lowest BCUT2D eigenvalue weighted by molar-refractivity contribution is 0.262. The molecule has 2 amide bonds. The number of aromatic nitrogens is 4. The second-order valence-electron chi connectivity index (χ2n) is 5.55. The summed E-state index contributed by atoms with van der Waals surface area (Å²) >= 11 is 3.37. The Bertz CT molecular complexity index is 1130. The summed E-state index contributed by atoms with van der Waals surface area (Å²) in [5, 5.41) is 9.61. The lowest BCUT2D eigenvalue weighted by Crippen LogP contribution is -2.21. The van der Waals surface area contributed by atoms with Crippen LogP contribution in [0.4, 0.5) is 20.7 Å². The second kappa shape index (κ2) is 7.12. The van der Waals surface area contributed by atoms with Crippen molar-refractivity contribution in [3.63, 3.8) is 0 Å². The van der Waals surface area contributed by atoms with Gasteiger partial charge in [0.25, 0.3) is 0 Å². The third kappa shape index (κ3) is 3.49. The minimum atomic E-state index is -0.472. The number of fused-ring (bicyclic) bond motifs is 1. The van der Waals surface area contributed by atoms with Crippen LogP contribution in [0.25, 0.3) is 16.9 Å². The van der Waals surface area contributed by atoms with Crippen molar-refractivity contribution in [1.82, 2.24) is 19.6 Å². The lowest BCUT2D eigenvalue weighted by Gasteiger charge is -2.11. The summed E-state index contributed by atoms with van der Waals surface area (Å²) in [5.74, 6) is -0.0623. The van der Waals surface area contributed by atoms with E-state index in [1.807, 2.05) is 0 Å². The van der Waals surface area contributed by atoms with Gasteiger partial charge in [-0.2, -0.15) is 9.61 Å². The van der Waals surface area contributed by atoms with Crippen LogP contribution in [0, 0.1) is 5.82 Å². The molecule has 0 bridgehead atoms. The van der Waals surface area contributed by atoms with Crippen molar-refractivity contribution in [1.29, 1.82) is 0 Å². The molecule has 0 aliphatic carbocycles. The monoisotopic (exact) mass is 426 g/mol. The maximum absolute atomic E-state index is 14.2. The molecular weight excluding hydrogens is 415 g/mol. The highest BCUT2D eigenvalue weighted by Gasteiger charge is 2.15. The number of pyridine rings is 1. The number of amides is 2. The molecule has 2 N–H and O–H groups in total. The SMILES string of the molecule is O=C(Nc1ccncc1)Nc1cc(-c2ccccc2F)nc2c(Br)cnn12. The van der Waals surface area contributed by atoms with E-state index in [4.69, 9.17) is 0 Å². The van der Waals surface area contributed by atoms with Gasteiger partial charge in [-0.1, -0.05) is 12.1 Å². The highest BCUT2D eigenvalue weighted by atomic mass is 79.9. The van der Waals surface area contributed by atoms with Crippen LogP contribution in [0.1, 0.15) is 0 Å². The maximum Gasteiger partial charge on any atom is 0.324 e. The summed E-state index contributed by atoms with van der Waals surface area (Å²) in [7, 11) is 0. The molecule has 0 spiro atoms. The van der Waals surface area contributed by atoms with Gasteiger partial charge in [-0.15, -0.1) is 0 Å². The molecule has 0 radical (unpaired) electrons. The van der Waals surface area contributed by atoms with E-state index in [1.165, 1.54) is 10.6 Å². The van der Waals surface area contributed by atoms with Gasteiger partial charge in [0.05, 0.1) is 16.4 Å². The summed E-state index contributed by atoms with van der Waals surface area (Å²) in [4.78, 5) is 20.7. The van der Waals surface area contributed by atoms with E-state index in [0.29, 0.717) is 32.9 Å². The third-order valence-corrected chi connectivity index (χ3v) is 4.32. The van der Waals surface area contributed by atoms with Gasteiger partial charge in [0.1, 0.15) is 11.6 Å². The fraction of sp³-hybridized carbons (Fsp3) is 0. The first-order valence-corrected chi connectivity index (χ1v) is 8.68. The molecule has 0 saturated carbocycles. The van der Waals surface area contributed by atoms with Gasteiger partial charge in [-0.25, -0.2) is 14.2 Å². The minimum Gasteiger partial charge on any atom is -0.308 e. The van der Waals surface area contributed by atoms with E-state index in [-0.39, 0.29) is 0 Å². The second-order valence-corrected chi connectivity index (χ2v) is 6.40. The van der Waals surface area contributed by atoms with Gasteiger partial charge in [0.2, 0.25) is 0 Å². The zero-order valence-corrected chi connectivity index (χ0v) is 15.3. The van der Waals surface area contributed by atoms with Crippen molar-refractivity contribution in [3.8, 4) is 11.3 Å². The zero-order valence-electron chi connectivity index (χ0n) is 13.7. The number of urea groups is 1. The van der Waals surface area contributed by atoms with E-state index in [2.05, 4.69) is 41.6 Å². The average Bonchev–Trinajstić information content (AvgIpc) is 3.04. The number of nitrogens with one attached hydrogen (secondary N) is 2. The van der Waals surface area contributed by atoms with Crippen molar-refractivity contribution in [2.45, 2.75) is 0 Å². The molecule has 0 saturated heterocycles. The fourth-order valence-corrected chi connectivity index (χ4v) is 2.89. The molecule has 9 heteroatoms. The Kier molecular flexibility index (Phi) is 4.51. The van der Waals surface area contributed by atoms with Crippen molar-refractivity contribution in [2.75, 3.05) is 10.6 Å². The van der Waals surface area contributed by atoms with E-state index in [0.717, 1.165) is 0 Å². The van der Waals surface area contributed by atoms with Crippen LogP contribution < -0.4 is 10.6 Å². The Labute approximate surface area is 161 Å². The Morgan fingerprint density at radius 3 is 2.67 bits per heavy atom. The molecule has 0 aliphatic rings. The van der Waals surface area contributed by atoms with Gasteiger partial charge in [-0.3, -0.25) is 10.3 Å². The first kappa shape index (κ1) is 17.1. The maximum atomic E-state index is 14.2. The third-order valence-electron chi connectivity index (χ3n) is 3.76. The Hall–Kier alpha value is -3.33. The van der Waals surface area contributed by atoms with E-state index < -0.39 is 11.8 Å². The van der Waals surface area contributed by atoms with Gasteiger partial charge in [0, 0.05) is 29.7 Å². The first-order valence-electron chi connectivity index (χ1n) is 7.89. The Morgan fingerprint density at radius 2 is 1.89 bits per heavy atom.